The van der Waals surface area contributed by atoms with Crippen molar-refractivity contribution in [2.45, 2.75) is 295 Å². The molecule has 0 aliphatic carbocycles. The van der Waals surface area contributed by atoms with Gasteiger partial charge in [0.05, 0.1) is 19.6 Å². The van der Waals surface area contributed by atoms with Crippen LogP contribution in [-0.4, -0.2) is 83.9 Å². The van der Waals surface area contributed by atoms with Gasteiger partial charge in [-0.05, 0) is 38.5 Å². The lowest BCUT2D eigenvalue weighted by Gasteiger charge is -2.44. The summed E-state index contributed by atoms with van der Waals surface area (Å²) in [5, 5.41) is 23.8. The van der Waals surface area contributed by atoms with Crippen LogP contribution in [0.2, 0.25) is 0 Å². The third-order valence-corrected chi connectivity index (χ3v) is 12.7. The maximum Gasteiger partial charge on any atom is 0.324 e. The van der Waals surface area contributed by atoms with Gasteiger partial charge in [0.1, 0.15) is 24.4 Å². The lowest BCUT2D eigenvalue weighted by Crippen LogP contribution is -2.67. The molecule has 0 unspecified atom stereocenters. The second-order valence-corrected chi connectivity index (χ2v) is 18.8. The highest BCUT2D eigenvalue weighted by atomic mass is 19.3. The molecule has 1 aliphatic heterocycles. The normalized spacial score (nSPS) is 19.2. The van der Waals surface area contributed by atoms with Gasteiger partial charge in [-0.1, -0.05) is 200 Å². The first-order valence-corrected chi connectivity index (χ1v) is 26.8. The average Bonchev–Trinajstić information content (AvgIpc) is 3.28. The molecule has 1 saturated heterocycles. The predicted molar refractivity (Wildman–Crippen MR) is 258 cm³/mol. The number of halogens is 2. The fraction of sp³-hybridized carbons (Fsp3) is 0.906. The van der Waals surface area contributed by atoms with Crippen molar-refractivity contribution in [3.8, 4) is 0 Å². The number of allylic oxidation sites excluding steroid dienone is 1. The zero-order valence-corrected chi connectivity index (χ0v) is 41.6. The zero-order valence-electron chi connectivity index (χ0n) is 41.6. The molecule has 1 amide bonds. The number of hydrogen-bond donors (Lipinski definition) is 3. The van der Waals surface area contributed by atoms with Crippen molar-refractivity contribution in [3.63, 3.8) is 0 Å². The molecule has 382 valence electrons. The summed E-state index contributed by atoms with van der Waals surface area (Å²) in [6.45, 7) is 9.71. The van der Waals surface area contributed by atoms with Crippen LogP contribution in [0.15, 0.2) is 12.7 Å². The molecule has 1 aliphatic rings. The topological polar surface area (TPSA) is 141 Å². The molecule has 1 heterocycles. The van der Waals surface area contributed by atoms with Gasteiger partial charge < -0.3 is 34.5 Å². The van der Waals surface area contributed by atoms with Gasteiger partial charge in [0.15, 0.2) is 12.4 Å². The van der Waals surface area contributed by atoms with E-state index in [-0.39, 0.29) is 31.8 Å². The van der Waals surface area contributed by atoms with E-state index in [9.17, 15) is 24.6 Å². The molecule has 0 aromatic heterocycles. The maximum atomic E-state index is 15.5. The molecule has 0 aromatic carbocycles. The molecule has 0 aromatic rings. The zero-order chi connectivity index (χ0) is 47.8. The Labute approximate surface area is 394 Å². The second kappa shape index (κ2) is 40.9. The molecule has 1 fully saturated rings. The lowest BCUT2D eigenvalue weighted by atomic mass is 9.95. The number of alkyl halides is 2. The highest BCUT2D eigenvalue weighted by molar-refractivity contribution is 5.83. The third-order valence-electron chi connectivity index (χ3n) is 12.7. The van der Waals surface area contributed by atoms with E-state index in [2.05, 4.69) is 32.7 Å². The third kappa shape index (κ3) is 30.8. The summed E-state index contributed by atoms with van der Waals surface area (Å²) in [5.41, 5.74) is 0. The Morgan fingerprint density at radius 1 is 0.677 bits per heavy atom. The van der Waals surface area contributed by atoms with E-state index in [0.717, 1.165) is 70.6 Å². The summed E-state index contributed by atoms with van der Waals surface area (Å²) < 4.78 is 54.3. The fourth-order valence-corrected chi connectivity index (χ4v) is 8.59. The van der Waals surface area contributed by atoms with Crippen LogP contribution in [0.1, 0.15) is 252 Å². The van der Waals surface area contributed by atoms with Crippen LogP contribution in [0.3, 0.4) is 0 Å². The number of amides is 1. The van der Waals surface area contributed by atoms with Crippen molar-refractivity contribution >= 4 is 17.8 Å². The summed E-state index contributed by atoms with van der Waals surface area (Å²) in [6.07, 6.45) is 27.8. The number of nitrogens with one attached hydrogen (secondary N) is 1. The Morgan fingerprint density at radius 2 is 1.14 bits per heavy atom. The Kier molecular flexibility index (Phi) is 38.3. The largest absolute Gasteiger partial charge is 0.462 e. The van der Waals surface area contributed by atoms with Crippen LogP contribution >= 0.6 is 0 Å². The van der Waals surface area contributed by atoms with Crippen LogP contribution in [0.25, 0.3) is 0 Å². The summed E-state index contributed by atoms with van der Waals surface area (Å²) in [7, 11) is 0. The van der Waals surface area contributed by atoms with Gasteiger partial charge in [0.2, 0.25) is 0 Å². The highest BCUT2D eigenvalue weighted by Crippen LogP contribution is 2.29. The SMILES string of the molecule is C=CCCCO[C@@H]1O[C@H](CO)[C@@H](O)[C@H](OC(=O)C[C@@H](CCCCCCCCCCC)OC(=O)CCCCCCCCCCCCC)[C@H]1NC(=O)C(F)(F)CCCCCCCCCCCC. The van der Waals surface area contributed by atoms with Crippen molar-refractivity contribution in [1.29, 1.82) is 0 Å². The number of aliphatic hydroxyl groups excluding tert-OH is 2. The molecule has 3 N–H and O–H groups in total. The van der Waals surface area contributed by atoms with E-state index in [1.807, 2.05) is 0 Å². The van der Waals surface area contributed by atoms with E-state index < -0.39 is 67.6 Å². The number of unbranched alkanes of at least 4 members (excludes halogenated alkanes) is 28. The van der Waals surface area contributed by atoms with Crippen molar-refractivity contribution in [3.05, 3.63) is 12.7 Å². The van der Waals surface area contributed by atoms with Crippen LogP contribution in [0.4, 0.5) is 8.78 Å². The Hall–Kier alpha value is -2.15. The average molecular weight is 930 g/mol. The highest BCUT2D eigenvalue weighted by Gasteiger charge is 2.51. The minimum absolute atomic E-state index is 0.0862. The quantitative estimate of drug-likeness (QED) is 0.0309. The van der Waals surface area contributed by atoms with Crippen molar-refractivity contribution < 1.29 is 52.3 Å². The fourth-order valence-electron chi connectivity index (χ4n) is 8.59. The van der Waals surface area contributed by atoms with E-state index in [1.165, 1.54) is 103 Å². The Balaban J connectivity index is 3.00. The first-order chi connectivity index (χ1) is 31.5. The number of carbonyl (C=O) groups is 3. The number of aliphatic hydroxyl groups is 2. The molecule has 6 atom stereocenters. The van der Waals surface area contributed by atoms with E-state index >= 15 is 8.78 Å². The van der Waals surface area contributed by atoms with Crippen LogP contribution in [-0.2, 0) is 33.3 Å². The number of hydrogen-bond acceptors (Lipinski definition) is 9. The van der Waals surface area contributed by atoms with Gasteiger partial charge >= 0.3 is 17.9 Å². The number of rotatable bonds is 45. The van der Waals surface area contributed by atoms with Gasteiger partial charge in [0.25, 0.3) is 5.91 Å². The molecule has 0 bridgehead atoms. The van der Waals surface area contributed by atoms with Crippen molar-refractivity contribution in [1.82, 2.24) is 5.32 Å². The predicted octanol–water partition coefficient (Wildman–Crippen LogP) is 13.3. The Bertz CT molecular complexity index is 1180. The molecule has 0 saturated carbocycles. The van der Waals surface area contributed by atoms with Crippen LogP contribution in [0, 0.1) is 0 Å². The van der Waals surface area contributed by atoms with Gasteiger partial charge in [-0.25, -0.2) is 0 Å². The van der Waals surface area contributed by atoms with Crippen molar-refractivity contribution in [2.24, 2.45) is 0 Å². The smallest absolute Gasteiger partial charge is 0.324 e. The van der Waals surface area contributed by atoms with Gasteiger partial charge in [-0.15, -0.1) is 6.58 Å². The monoisotopic (exact) mass is 930 g/mol. The second-order valence-electron chi connectivity index (χ2n) is 18.8. The summed E-state index contributed by atoms with van der Waals surface area (Å²) >= 11 is 0. The standard InChI is InChI=1S/C53H97F2NO9/c1-5-9-13-16-19-22-24-26-29-32-35-39-46(58)63-44(38-34-31-28-25-21-18-15-11-7-3)42-47(59)65-50-48(51(62-41-37-12-8-4)64-45(43-57)49(50)60)56-52(61)53(54,55)40-36-33-30-27-23-20-17-14-10-6-2/h8,44-45,48-51,57,60H,4-7,9-43H2,1-3H3,(H,56,61)/t44-,45-,48-,49-,50-,51-/m1/s1. The molecule has 65 heavy (non-hydrogen) atoms. The number of esters is 2. The molecular formula is C53H97F2NO9. The molecule has 10 nitrogen and oxygen atoms in total. The molecule has 0 spiro atoms. The maximum absolute atomic E-state index is 15.5. The minimum atomic E-state index is -3.75. The molecular weight excluding hydrogens is 833 g/mol. The summed E-state index contributed by atoms with van der Waals surface area (Å²) in [4.78, 5) is 40.2. The molecule has 12 heteroatoms. The Morgan fingerprint density at radius 3 is 1.62 bits per heavy atom. The van der Waals surface area contributed by atoms with Crippen LogP contribution < -0.4 is 5.32 Å². The van der Waals surface area contributed by atoms with E-state index in [0.29, 0.717) is 32.1 Å². The number of ether oxygens (including phenoxy) is 4. The first-order valence-electron chi connectivity index (χ1n) is 26.8. The first kappa shape index (κ1) is 60.9. The number of carbonyl (C=O) groups excluding carboxylic acids is 3. The van der Waals surface area contributed by atoms with Gasteiger partial charge in [-0.2, -0.15) is 8.78 Å². The van der Waals surface area contributed by atoms with E-state index in [4.69, 9.17) is 18.9 Å². The van der Waals surface area contributed by atoms with Gasteiger partial charge in [0, 0.05) is 12.8 Å². The summed E-state index contributed by atoms with van der Waals surface area (Å²) in [6, 6.07) is -1.52. The minimum Gasteiger partial charge on any atom is -0.462 e. The molecule has 0 radical (unpaired) electrons. The van der Waals surface area contributed by atoms with Crippen LogP contribution in [0.5, 0.6) is 0 Å². The van der Waals surface area contributed by atoms with E-state index in [1.54, 1.807) is 6.08 Å². The van der Waals surface area contributed by atoms with Gasteiger partial charge in [-0.3, -0.25) is 14.4 Å². The summed E-state index contributed by atoms with van der Waals surface area (Å²) in [5.74, 6) is -6.55. The van der Waals surface area contributed by atoms with Crippen molar-refractivity contribution in [2.75, 3.05) is 13.2 Å². The molecule has 1 rings (SSSR count). The lowest BCUT2D eigenvalue weighted by molar-refractivity contribution is -0.274.